The van der Waals surface area contributed by atoms with Gasteiger partial charge in [0.15, 0.2) is 5.69 Å². The average molecular weight is 401 g/mol. The number of aromatic hydroxyl groups is 1. The number of phenols is 1. The number of rotatable bonds is 6. The Labute approximate surface area is 161 Å². The number of para-hydroxylation sites is 1. The molecule has 1 heterocycles. The van der Waals surface area contributed by atoms with Crippen LogP contribution in [0.2, 0.25) is 0 Å². The third-order valence-electron chi connectivity index (χ3n) is 3.90. The number of hydrogen-bond acceptors (Lipinski definition) is 6. The maximum Gasteiger partial charge on any atom is 0.299 e. The molecule has 3 rings (SSSR count). The Morgan fingerprint density at radius 1 is 1.14 bits per heavy atom. The summed E-state index contributed by atoms with van der Waals surface area (Å²) in [5.41, 5.74) is 0.698. The highest BCUT2D eigenvalue weighted by atomic mass is 32.2. The molecule has 0 amide bonds. The van der Waals surface area contributed by atoms with E-state index in [0.29, 0.717) is 11.4 Å². The van der Waals surface area contributed by atoms with Crippen LogP contribution in [-0.4, -0.2) is 29.8 Å². The number of aromatic nitrogens is 2. The van der Waals surface area contributed by atoms with E-state index in [4.69, 9.17) is 0 Å². The average Bonchev–Trinajstić information content (AvgIpc) is 2.95. The van der Waals surface area contributed by atoms with Crippen LogP contribution in [-0.2, 0) is 10.0 Å². The number of nitrogens with zero attached hydrogens (tertiary/aromatic N) is 3. The van der Waals surface area contributed by atoms with Gasteiger partial charge in [-0.1, -0.05) is 25.1 Å². The van der Waals surface area contributed by atoms with Gasteiger partial charge in [-0.3, -0.25) is 9.89 Å². The maximum absolute atomic E-state index is 12.6. The van der Waals surface area contributed by atoms with Crippen LogP contribution in [0.25, 0.3) is 5.69 Å². The number of phenolic OH excluding ortho intramolecular Hbond substituents is 1. The Morgan fingerprint density at radius 3 is 2.54 bits per heavy atom. The molecule has 0 unspecified atom stereocenters. The van der Waals surface area contributed by atoms with Gasteiger partial charge in [0.05, 0.1) is 16.3 Å². The molecule has 0 saturated carbocycles. The van der Waals surface area contributed by atoms with Crippen molar-refractivity contribution in [3.8, 4) is 11.4 Å². The van der Waals surface area contributed by atoms with Crippen LogP contribution in [0.1, 0.15) is 12.6 Å². The van der Waals surface area contributed by atoms with Crippen molar-refractivity contribution < 1.29 is 13.5 Å². The smallest absolute Gasteiger partial charge is 0.299 e. The lowest BCUT2D eigenvalue weighted by molar-refractivity contribution is 0.476. The van der Waals surface area contributed by atoms with Gasteiger partial charge in [0.2, 0.25) is 10.0 Å². The van der Waals surface area contributed by atoms with E-state index in [1.807, 2.05) is 6.07 Å². The zero-order chi connectivity index (χ0) is 20.3. The van der Waals surface area contributed by atoms with Crippen LogP contribution in [0, 0.1) is 6.92 Å². The second kappa shape index (κ2) is 7.79. The highest BCUT2D eigenvalue weighted by molar-refractivity contribution is 7.89. The monoisotopic (exact) mass is 401 g/mol. The molecule has 1 aromatic heterocycles. The summed E-state index contributed by atoms with van der Waals surface area (Å²) in [7, 11) is -3.72. The number of aryl methyl sites for hydroxylation is 1. The maximum atomic E-state index is 12.6. The van der Waals surface area contributed by atoms with Crippen molar-refractivity contribution in [1.29, 1.82) is 0 Å². The van der Waals surface area contributed by atoms with E-state index in [1.165, 1.54) is 22.9 Å². The van der Waals surface area contributed by atoms with E-state index in [9.17, 15) is 18.3 Å². The molecule has 10 heteroatoms. The molecule has 3 aromatic rings. The van der Waals surface area contributed by atoms with Crippen molar-refractivity contribution in [1.82, 2.24) is 14.5 Å². The van der Waals surface area contributed by atoms with Crippen molar-refractivity contribution in [2.45, 2.75) is 18.7 Å². The SMILES string of the molecule is CCNS(=O)(=O)c1ccc(O)c(N=Nc2c(C)[nH]n(-c3ccccc3)c2=O)c1. The first-order valence-electron chi connectivity index (χ1n) is 8.45. The molecule has 28 heavy (non-hydrogen) atoms. The number of hydrogen-bond donors (Lipinski definition) is 3. The van der Waals surface area contributed by atoms with Crippen LogP contribution in [0.3, 0.4) is 0 Å². The number of benzene rings is 2. The first kappa shape index (κ1) is 19.5. The Bertz CT molecular complexity index is 1180. The van der Waals surface area contributed by atoms with E-state index >= 15 is 0 Å². The van der Waals surface area contributed by atoms with E-state index in [-0.39, 0.29) is 28.6 Å². The summed E-state index contributed by atoms with van der Waals surface area (Å²) in [6.45, 7) is 3.55. The van der Waals surface area contributed by atoms with Gasteiger partial charge < -0.3 is 5.11 Å². The fraction of sp³-hybridized carbons (Fsp3) is 0.167. The number of nitrogens with one attached hydrogen (secondary N) is 2. The summed E-state index contributed by atoms with van der Waals surface area (Å²) in [4.78, 5) is 12.6. The molecule has 3 N–H and O–H groups in total. The minimum atomic E-state index is -3.72. The standard InChI is InChI=1S/C18H19N5O4S/c1-3-19-28(26,27)14-9-10-16(24)15(11-14)20-21-17-12(2)22-23(18(17)25)13-7-5-4-6-8-13/h4-11,19,22,24H,3H2,1-2H3. The molecule has 0 bridgehead atoms. The van der Waals surface area contributed by atoms with E-state index in [0.717, 1.165) is 0 Å². The van der Waals surface area contributed by atoms with Gasteiger partial charge >= 0.3 is 0 Å². The molecule has 146 valence electrons. The first-order chi connectivity index (χ1) is 13.3. The highest BCUT2D eigenvalue weighted by Crippen LogP contribution is 2.30. The fourth-order valence-electron chi connectivity index (χ4n) is 2.54. The summed E-state index contributed by atoms with van der Waals surface area (Å²) in [5.74, 6) is -0.254. The van der Waals surface area contributed by atoms with Crippen molar-refractivity contribution in [2.75, 3.05) is 6.54 Å². The predicted molar refractivity (Wildman–Crippen MR) is 104 cm³/mol. The van der Waals surface area contributed by atoms with Crippen LogP contribution < -0.4 is 10.3 Å². The third-order valence-corrected chi connectivity index (χ3v) is 5.45. The molecule has 0 radical (unpaired) electrons. The number of aromatic amines is 1. The summed E-state index contributed by atoms with van der Waals surface area (Å²) in [6, 6.07) is 12.6. The Morgan fingerprint density at radius 2 is 1.86 bits per heavy atom. The lowest BCUT2D eigenvalue weighted by atomic mass is 10.3. The topological polar surface area (TPSA) is 129 Å². The van der Waals surface area contributed by atoms with Crippen LogP contribution in [0.5, 0.6) is 5.75 Å². The minimum Gasteiger partial charge on any atom is -0.506 e. The van der Waals surface area contributed by atoms with Crippen molar-refractivity contribution in [3.05, 3.63) is 64.6 Å². The summed E-state index contributed by atoms with van der Waals surface area (Å²) in [6.07, 6.45) is 0. The normalized spacial score (nSPS) is 11.9. The van der Waals surface area contributed by atoms with Gasteiger partial charge in [-0.25, -0.2) is 17.8 Å². The van der Waals surface area contributed by atoms with E-state index in [1.54, 1.807) is 38.1 Å². The zero-order valence-electron chi connectivity index (χ0n) is 15.2. The van der Waals surface area contributed by atoms with E-state index in [2.05, 4.69) is 20.0 Å². The second-order valence-electron chi connectivity index (χ2n) is 5.91. The molecule has 9 nitrogen and oxygen atoms in total. The Balaban J connectivity index is 1.99. The summed E-state index contributed by atoms with van der Waals surface area (Å²) < 4.78 is 27.9. The van der Waals surface area contributed by atoms with Gasteiger partial charge in [0, 0.05) is 6.54 Å². The fourth-order valence-corrected chi connectivity index (χ4v) is 3.60. The van der Waals surface area contributed by atoms with Crippen LogP contribution in [0.15, 0.2) is 68.4 Å². The summed E-state index contributed by atoms with van der Waals surface area (Å²) >= 11 is 0. The first-order valence-corrected chi connectivity index (χ1v) is 9.93. The van der Waals surface area contributed by atoms with Gasteiger partial charge in [-0.15, -0.1) is 10.2 Å². The molecule has 0 saturated heterocycles. The van der Waals surface area contributed by atoms with Gasteiger partial charge in [0.1, 0.15) is 11.4 Å². The quantitative estimate of drug-likeness (QED) is 0.548. The highest BCUT2D eigenvalue weighted by Gasteiger charge is 2.16. The molecule has 0 fully saturated rings. The number of H-pyrrole nitrogens is 1. The molecule has 0 spiro atoms. The van der Waals surface area contributed by atoms with Gasteiger partial charge in [-0.05, 0) is 37.3 Å². The van der Waals surface area contributed by atoms with Crippen molar-refractivity contribution >= 4 is 21.4 Å². The second-order valence-corrected chi connectivity index (χ2v) is 7.68. The minimum absolute atomic E-state index is 0.0585. The Kier molecular flexibility index (Phi) is 5.43. The third kappa shape index (κ3) is 3.87. The lowest BCUT2D eigenvalue weighted by Crippen LogP contribution is -2.22. The van der Waals surface area contributed by atoms with Crippen LogP contribution >= 0.6 is 0 Å². The number of azo groups is 1. The summed E-state index contributed by atoms with van der Waals surface area (Å²) in [5, 5.41) is 20.7. The van der Waals surface area contributed by atoms with Crippen molar-refractivity contribution in [2.24, 2.45) is 10.2 Å². The van der Waals surface area contributed by atoms with E-state index < -0.39 is 15.6 Å². The van der Waals surface area contributed by atoms with Crippen molar-refractivity contribution in [3.63, 3.8) is 0 Å². The molecule has 0 aliphatic heterocycles. The molecule has 0 aliphatic rings. The largest absolute Gasteiger partial charge is 0.506 e. The molecule has 0 atom stereocenters. The molecular weight excluding hydrogens is 382 g/mol. The zero-order valence-corrected chi connectivity index (χ0v) is 16.1. The van der Waals surface area contributed by atoms with Gasteiger partial charge in [0.25, 0.3) is 5.56 Å². The molecule has 2 aromatic carbocycles. The predicted octanol–water partition coefficient (Wildman–Crippen LogP) is 2.89. The van der Waals surface area contributed by atoms with Crippen LogP contribution in [0.4, 0.5) is 11.4 Å². The van der Waals surface area contributed by atoms with Gasteiger partial charge in [-0.2, -0.15) is 0 Å². The number of sulfonamides is 1. The Hall–Kier alpha value is -3.24. The lowest BCUT2D eigenvalue weighted by Gasteiger charge is -2.05. The molecular formula is C18H19N5O4S. The molecule has 0 aliphatic carbocycles.